The Kier molecular flexibility index (Phi) is 5.59. The van der Waals surface area contributed by atoms with Gasteiger partial charge in [0, 0.05) is 23.6 Å². The minimum atomic E-state index is -0.317. The summed E-state index contributed by atoms with van der Waals surface area (Å²) in [5.41, 5.74) is 2.93. The van der Waals surface area contributed by atoms with Crippen molar-refractivity contribution in [2.45, 2.75) is 26.2 Å². The van der Waals surface area contributed by atoms with Crippen LogP contribution in [0.4, 0.5) is 17.3 Å². The van der Waals surface area contributed by atoms with Crippen LogP contribution < -0.4 is 15.4 Å². The fraction of sp³-hybridized carbons (Fsp3) is 0.227. The Bertz CT molecular complexity index is 980. The first kappa shape index (κ1) is 19.4. The van der Waals surface area contributed by atoms with Gasteiger partial charge < -0.3 is 15.4 Å². The summed E-state index contributed by atoms with van der Waals surface area (Å²) in [7, 11) is 1.58. The number of amides is 1. The summed E-state index contributed by atoms with van der Waals surface area (Å²) in [5, 5.41) is 6.06. The number of benzene rings is 2. The molecule has 0 aliphatic rings. The van der Waals surface area contributed by atoms with Gasteiger partial charge >= 0.3 is 0 Å². The topological polar surface area (TPSA) is 76.1 Å². The molecule has 3 rings (SSSR count). The minimum absolute atomic E-state index is 0.0368. The van der Waals surface area contributed by atoms with Crippen molar-refractivity contribution in [1.29, 1.82) is 0 Å². The van der Waals surface area contributed by atoms with Gasteiger partial charge in [0.1, 0.15) is 11.4 Å². The summed E-state index contributed by atoms with van der Waals surface area (Å²) in [5.74, 6) is 0.722. The highest BCUT2D eigenvalue weighted by molar-refractivity contribution is 6.03. The van der Waals surface area contributed by atoms with Crippen LogP contribution in [0.15, 0.2) is 60.8 Å². The molecule has 0 spiro atoms. The Morgan fingerprint density at radius 1 is 1.04 bits per heavy atom. The first-order valence-corrected chi connectivity index (χ1v) is 9.02. The van der Waals surface area contributed by atoms with E-state index in [1.165, 1.54) is 0 Å². The standard InChI is InChI=1S/C22H24N4O2/c1-22(2,3)17-10-5-6-11-18(17)25-21-23-13-12-19(26-21)20(27)24-15-8-7-9-16(14-15)28-4/h5-14H,1-4H3,(H,24,27)(H,23,25,26). The number of hydrogen-bond acceptors (Lipinski definition) is 5. The molecule has 0 saturated carbocycles. The Balaban J connectivity index is 1.80. The fourth-order valence-corrected chi connectivity index (χ4v) is 2.81. The van der Waals surface area contributed by atoms with E-state index < -0.39 is 0 Å². The van der Waals surface area contributed by atoms with Gasteiger partial charge in [0.2, 0.25) is 5.95 Å². The van der Waals surface area contributed by atoms with Crippen molar-refractivity contribution in [3.63, 3.8) is 0 Å². The summed E-state index contributed by atoms with van der Waals surface area (Å²) < 4.78 is 5.18. The van der Waals surface area contributed by atoms with Gasteiger partial charge in [0.15, 0.2) is 0 Å². The van der Waals surface area contributed by atoms with E-state index in [4.69, 9.17) is 4.74 Å². The number of hydrogen-bond donors (Lipinski definition) is 2. The third-order valence-corrected chi connectivity index (χ3v) is 4.20. The van der Waals surface area contributed by atoms with Gasteiger partial charge in [-0.05, 0) is 35.2 Å². The SMILES string of the molecule is COc1cccc(NC(=O)c2ccnc(Nc3ccccc3C(C)(C)C)n2)c1. The number of nitrogens with one attached hydrogen (secondary N) is 2. The Morgan fingerprint density at radius 2 is 1.82 bits per heavy atom. The second-order valence-electron chi connectivity index (χ2n) is 7.37. The molecule has 0 unspecified atom stereocenters. The fourth-order valence-electron chi connectivity index (χ4n) is 2.81. The number of para-hydroxylation sites is 1. The highest BCUT2D eigenvalue weighted by Gasteiger charge is 2.18. The van der Waals surface area contributed by atoms with E-state index in [1.807, 2.05) is 30.3 Å². The number of carbonyl (C=O) groups is 1. The molecule has 2 aromatic carbocycles. The Morgan fingerprint density at radius 3 is 2.57 bits per heavy atom. The number of anilines is 3. The lowest BCUT2D eigenvalue weighted by molar-refractivity contribution is 0.102. The molecule has 0 saturated heterocycles. The van der Waals surface area contributed by atoms with Crippen molar-refractivity contribution >= 4 is 23.2 Å². The number of carbonyl (C=O) groups excluding carboxylic acids is 1. The molecule has 1 heterocycles. The van der Waals surface area contributed by atoms with Crippen LogP contribution in [0.2, 0.25) is 0 Å². The smallest absolute Gasteiger partial charge is 0.274 e. The van der Waals surface area contributed by atoms with Gasteiger partial charge in [-0.15, -0.1) is 0 Å². The normalized spacial score (nSPS) is 11.0. The molecule has 28 heavy (non-hydrogen) atoms. The second kappa shape index (κ2) is 8.08. The van der Waals surface area contributed by atoms with Crippen LogP contribution in [-0.4, -0.2) is 23.0 Å². The molecule has 6 nitrogen and oxygen atoms in total. The number of ether oxygens (including phenoxy) is 1. The summed E-state index contributed by atoms with van der Waals surface area (Å²) in [6.07, 6.45) is 1.57. The Labute approximate surface area is 165 Å². The van der Waals surface area contributed by atoms with E-state index in [9.17, 15) is 4.79 Å². The van der Waals surface area contributed by atoms with E-state index in [0.29, 0.717) is 17.4 Å². The predicted octanol–water partition coefficient (Wildman–Crippen LogP) is 4.78. The summed E-state index contributed by atoms with van der Waals surface area (Å²) in [6.45, 7) is 6.44. The molecular weight excluding hydrogens is 352 g/mol. The van der Waals surface area contributed by atoms with Gasteiger partial charge in [-0.2, -0.15) is 0 Å². The van der Waals surface area contributed by atoms with Crippen molar-refractivity contribution in [3.05, 3.63) is 72.1 Å². The molecule has 0 radical (unpaired) electrons. The van der Waals surface area contributed by atoms with Crippen LogP contribution in [0.3, 0.4) is 0 Å². The van der Waals surface area contributed by atoms with E-state index in [0.717, 1.165) is 11.3 Å². The monoisotopic (exact) mass is 376 g/mol. The van der Waals surface area contributed by atoms with Crippen LogP contribution in [0, 0.1) is 0 Å². The molecule has 0 bridgehead atoms. The largest absolute Gasteiger partial charge is 0.497 e. The van der Waals surface area contributed by atoms with E-state index >= 15 is 0 Å². The molecule has 0 aliphatic carbocycles. The van der Waals surface area contributed by atoms with E-state index in [2.05, 4.69) is 47.4 Å². The minimum Gasteiger partial charge on any atom is -0.497 e. The molecule has 144 valence electrons. The number of nitrogens with zero attached hydrogens (tertiary/aromatic N) is 2. The van der Waals surface area contributed by atoms with Crippen LogP contribution in [0.25, 0.3) is 0 Å². The first-order valence-electron chi connectivity index (χ1n) is 9.02. The van der Waals surface area contributed by atoms with Gasteiger partial charge in [-0.3, -0.25) is 4.79 Å². The lowest BCUT2D eigenvalue weighted by atomic mass is 9.86. The van der Waals surface area contributed by atoms with Crippen LogP contribution >= 0.6 is 0 Å². The van der Waals surface area contributed by atoms with Crippen molar-refractivity contribution in [2.75, 3.05) is 17.7 Å². The van der Waals surface area contributed by atoms with Gasteiger partial charge in [-0.1, -0.05) is 45.0 Å². The van der Waals surface area contributed by atoms with Crippen LogP contribution in [0.5, 0.6) is 5.75 Å². The zero-order valence-electron chi connectivity index (χ0n) is 16.5. The summed E-state index contributed by atoms with van der Waals surface area (Å²) in [6, 6.07) is 16.8. The second-order valence-corrected chi connectivity index (χ2v) is 7.37. The zero-order valence-corrected chi connectivity index (χ0v) is 16.5. The lowest BCUT2D eigenvalue weighted by Gasteiger charge is -2.23. The van der Waals surface area contributed by atoms with E-state index in [1.54, 1.807) is 31.5 Å². The first-order chi connectivity index (χ1) is 13.4. The summed E-state index contributed by atoms with van der Waals surface area (Å²) >= 11 is 0. The van der Waals surface area contributed by atoms with Crippen molar-refractivity contribution in [1.82, 2.24) is 9.97 Å². The maximum atomic E-state index is 12.6. The average Bonchev–Trinajstić information content (AvgIpc) is 2.68. The molecule has 2 N–H and O–H groups in total. The average molecular weight is 376 g/mol. The van der Waals surface area contributed by atoms with Crippen molar-refractivity contribution in [3.8, 4) is 5.75 Å². The maximum absolute atomic E-state index is 12.6. The third kappa shape index (κ3) is 4.65. The maximum Gasteiger partial charge on any atom is 0.274 e. The van der Waals surface area contributed by atoms with Gasteiger partial charge in [0.25, 0.3) is 5.91 Å². The number of rotatable bonds is 5. The van der Waals surface area contributed by atoms with Crippen LogP contribution in [0.1, 0.15) is 36.8 Å². The predicted molar refractivity (Wildman–Crippen MR) is 111 cm³/mol. The van der Waals surface area contributed by atoms with Crippen LogP contribution in [-0.2, 0) is 5.41 Å². The van der Waals surface area contributed by atoms with Crippen molar-refractivity contribution in [2.24, 2.45) is 0 Å². The quantitative estimate of drug-likeness (QED) is 0.670. The molecular formula is C22H24N4O2. The third-order valence-electron chi connectivity index (χ3n) is 4.20. The molecule has 6 heteroatoms. The molecule has 0 fully saturated rings. The molecule has 1 aromatic heterocycles. The Hall–Kier alpha value is -3.41. The highest BCUT2D eigenvalue weighted by atomic mass is 16.5. The molecule has 0 atom stereocenters. The summed E-state index contributed by atoms with van der Waals surface area (Å²) in [4.78, 5) is 21.2. The molecule has 0 aliphatic heterocycles. The zero-order chi connectivity index (χ0) is 20.1. The number of methoxy groups -OCH3 is 1. The van der Waals surface area contributed by atoms with Gasteiger partial charge in [-0.25, -0.2) is 9.97 Å². The number of aromatic nitrogens is 2. The molecule has 3 aromatic rings. The van der Waals surface area contributed by atoms with Crippen molar-refractivity contribution < 1.29 is 9.53 Å². The van der Waals surface area contributed by atoms with E-state index in [-0.39, 0.29) is 17.0 Å². The lowest BCUT2D eigenvalue weighted by Crippen LogP contribution is -2.16. The molecule has 1 amide bonds. The highest BCUT2D eigenvalue weighted by Crippen LogP contribution is 2.30. The van der Waals surface area contributed by atoms with Gasteiger partial charge in [0.05, 0.1) is 7.11 Å².